The number of benzene rings is 1. The predicted octanol–water partition coefficient (Wildman–Crippen LogP) is 2.35. The molecule has 3 fully saturated rings. The van der Waals surface area contributed by atoms with Crippen LogP contribution >= 0.6 is 0 Å². The molecule has 1 aromatic carbocycles. The fourth-order valence-corrected chi connectivity index (χ4v) is 4.05. The minimum Gasteiger partial charge on any atom is -0.393 e. The van der Waals surface area contributed by atoms with Crippen molar-refractivity contribution in [3.05, 3.63) is 35.9 Å². The Morgan fingerprint density at radius 2 is 1.90 bits per heavy atom. The predicted molar refractivity (Wildman–Crippen MR) is 79.5 cm³/mol. The van der Waals surface area contributed by atoms with Crippen molar-refractivity contribution in [2.45, 2.75) is 37.8 Å². The quantitative estimate of drug-likeness (QED) is 0.906. The van der Waals surface area contributed by atoms with E-state index in [9.17, 15) is 9.90 Å². The van der Waals surface area contributed by atoms with Crippen LogP contribution in [0, 0.1) is 17.8 Å². The zero-order valence-electron chi connectivity index (χ0n) is 11.9. The van der Waals surface area contributed by atoms with Gasteiger partial charge >= 0.3 is 0 Å². The number of aliphatic hydroxyl groups excluding tert-OH is 1. The van der Waals surface area contributed by atoms with E-state index in [1.54, 1.807) is 5.01 Å². The normalized spacial score (nSPS) is 37.4. The van der Waals surface area contributed by atoms with Gasteiger partial charge in [0.2, 0.25) is 5.91 Å². The number of rotatable bonds is 2. The zero-order chi connectivity index (χ0) is 14.4. The molecule has 4 aliphatic rings. The average molecular weight is 284 g/mol. The van der Waals surface area contributed by atoms with Crippen molar-refractivity contribution < 1.29 is 9.90 Å². The highest BCUT2D eigenvalue weighted by molar-refractivity contribution is 5.82. The maximum Gasteiger partial charge on any atom is 0.246 e. The number of fused-ring (bicyclic) bond motifs is 2. The number of aliphatic hydroxyl groups is 1. The van der Waals surface area contributed by atoms with Gasteiger partial charge in [-0.25, -0.2) is 5.01 Å². The first-order valence-electron chi connectivity index (χ1n) is 7.82. The van der Waals surface area contributed by atoms with E-state index in [4.69, 9.17) is 0 Å². The Labute approximate surface area is 124 Å². The maximum absolute atomic E-state index is 12.9. The van der Waals surface area contributed by atoms with Crippen LogP contribution in [-0.2, 0) is 4.79 Å². The van der Waals surface area contributed by atoms with Gasteiger partial charge in [-0.3, -0.25) is 4.79 Å². The van der Waals surface area contributed by atoms with Gasteiger partial charge in [0, 0.05) is 18.6 Å². The molecule has 0 aromatic heterocycles. The van der Waals surface area contributed by atoms with Crippen LogP contribution < -0.4 is 0 Å². The Hall–Kier alpha value is -1.68. The second-order valence-corrected chi connectivity index (χ2v) is 6.54. The third-order valence-corrected chi connectivity index (χ3v) is 5.38. The van der Waals surface area contributed by atoms with Crippen LogP contribution in [0.3, 0.4) is 0 Å². The van der Waals surface area contributed by atoms with Gasteiger partial charge in [0.25, 0.3) is 0 Å². The molecule has 3 aliphatic carbocycles. The van der Waals surface area contributed by atoms with Crippen LogP contribution in [-0.4, -0.2) is 28.3 Å². The molecule has 1 heterocycles. The number of hydrogen-bond acceptors (Lipinski definition) is 3. The van der Waals surface area contributed by atoms with Gasteiger partial charge in [-0.05, 0) is 36.7 Å². The number of carbonyl (C=O) groups excluding carboxylic acids is 1. The van der Waals surface area contributed by atoms with E-state index in [1.807, 2.05) is 24.4 Å². The standard InChI is InChI=1S/C17H20N2O2/c20-16-10-14(12-8-13(16)9-12)17(21)19-15(6-7-18-19)11-4-2-1-3-5-11/h1-5,7,12-16,20H,6,8-10H2/t12?,13?,14-,15?,16+/m0/s1. The van der Waals surface area contributed by atoms with E-state index in [0.717, 1.165) is 24.8 Å². The van der Waals surface area contributed by atoms with Crippen molar-refractivity contribution in [1.82, 2.24) is 5.01 Å². The minimum atomic E-state index is -0.300. The lowest BCUT2D eigenvalue weighted by Crippen LogP contribution is -2.50. The van der Waals surface area contributed by atoms with E-state index in [2.05, 4.69) is 17.2 Å². The van der Waals surface area contributed by atoms with Gasteiger partial charge in [-0.15, -0.1) is 0 Å². The SMILES string of the molecule is O=C([C@H]1C[C@@H](O)C2CC1C2)N1N=CCC1c1ccccc1. The van der Waals surface area contributed by atoms with E-state index in [-0.39, 0.29) is 24.0 Å². The molecule has 3 saturated carbocycles. The number of hydrazone groups is 1. The second-order valence-electron chi connectivity index (χ2n) is 6.54. The van der Waals surface area contributed by atoms with Crippen molar-refractivity contribution in [2.24, 2.45) is 22.9 Å². The highest BCUT2D eigenvalue weighted by Gasteiger charge is 2.50. The monoisotopic (exact) mass is 284 g/mol. The fourth-order valence-electron chi connectivity index (χ4n) is 4.05. The summed E-state index contributed by atoms with van der Waals surface area (Å²) < 4.78 is 0. The first-order valence-corrected chi connectivity index (χ1v) is 7.82. The number of hydrogen-bond donors (Lipinski definition) is 1. The molecule has 5 rings (SSSR count). The first-order chi connectivity index (χ1) is 10.2. The third-order valence-electron chi connectivity index (χ3n) is 5.38. The molecular formula is C17H20N2O2. The summed E-state index contributed by atoms with van der Waals surface area (Å²) in [6.45, 7) is 0. The molecule has 21 heavy (non-hydrogen) atoms. The molecule has 2 bridgehead atoms. The Morgan fingerprint density at radius 1 is 1.14 bits per heavy atom. The van der Waals surface area contributed by atoms with Crippen LogP contribution in [0.1, 0.15) is 37.3 Å². The number of carbonyl (C=O) groups is 1. The summed E-state index contributed by atoms with van der Waals surface area (Å²) in [5.41, 5.74) is 1.13. The van der Waals surface area contributed by atoms with Crippen LogP contribution in [0.25, 0.3) is 0 Å². The molecule has 1 amide bonds. The van der Waals surface area contributed by atoms with Crippen LogP contribution in [0.2, 0.25) is 0 Å². The van der Waals surface area contributed by atoms with Gasteiger partial charge in [-0.2, -0.15) is 5.10 Å². The summed E-state index contributed by atoms with van der Waals surface area (Å²) >= 11 is 0. The lowest BCUT2D eigenvalue weighted by molar-refractivity contribution is -0.151. The highest BCUT2D eigenvalue weighted by Crippen LogP contribution is 2.50. The summed E-state index contributed by atoms with van der Waals surface area (Å²) in [4.78, 5) is 12.9. The molecule has 1 aliphatic heterocycles. The smallest absolute Gasteiger partial charge is 0.246 e. The van der Waals surface area contributed by atoms with Crippen molar-refractivity contribution >= 4 is 12.1 Å². The minimum absolute atomic E-state index is 0.0219. The van der Waals surface area contributed by atoms with Crippen molar-refractivity contribution in [3.63, 3.8) is 0 Å². The second kappa shape index (κ2) is 4.95. The average Bonchev–Trinajstić information content (AvgIpc) is 2.95. The molecule has 0 saturated heterocycles. The summed E-state index contributed by atoms with van der Waals surface area (Å²) in [6.07, 6.45) is 4.93. The summed E-state index contributed by atoms with van der Waals surface area (Å²) in [5.74, 6) is 0.940. The molecule has 110 valence electrons. The summed E-state index contributed by atoms with van der Waals surface area (Å²) in [7, 11) is 0. The molecule has 0 radical (unpaired) electrons. The molecular weight excluding hydrogens is 264 g/mol. The van der Waals surface area contributed by atoms with Gasteiger partial charge in [-0.1, -0.05) is 30.3 Å². The van der Waals surface area contributed by atoms with Gasteiger partial charge in [0.05, 0.1) is 12.1 Å². The largest absolute Gasteiger partial charge is 0.393 e. The first kappa shape index (κ1) is 13.0. The summed E-state index contributed by atoms with van der Waals surface area (Å²) in [6, 6.07) is 10.1. The van der Waals surface area contributed by atoms with Crippen LogP contribution in [0.5, 0.6) is 0 Å². The molecule has 4 nitrogen and oxygen atoms in total. The van der Waals surface area contributed by atoms with Gasteiger partial charge in [0.1, 0.15) is 0 Å². The van der Waals surface area contributed by atoms with Crippen molar-refractivity contribution in [3.8, 4) is 0 Å². The van der Waals surface area contributed by atoms with E-state index < -0.39 is 0 Å². The molecule has 4 heteroatoms. The van der Waals surface area contributed by atoms with Gasteiger partial charge in [0.15, 0.2) is 0 Å². The van der Waals surface area contributed by atoms with Crippen LogP contribution in [0.15, 0.2) is 35.4 Å². The van der Waals surface area contributed by atoms with Crippen molar-refractivity contribution in [1.29, 1.82) is 0 Å². The molecule has 0 spiro atoms. The lowest BCUT2D eigenvalue weighted by Gasteiger charge is -2.49. The number of amides is 1. The molecule has 1 aromatic rings. The Kier molecular flexibility index (Phi) is 3.07. The van der Waals surface area contributed by atoms with E-state index in [0.29, 0.717) is 18.3 Å². The molecule has 1 N–H and O–H groups in total. The fraction of sp³-hybridized carbons (Fsp3) is 0.529. The van der Waals surface area contributed by atoms with E-state index >= 15 is 0 Å². The van der Waals surface area contributed by atoms with E-state index in [1.165, 1.54) is 0 Å². The Balaban J connectivity index is 1.54. The third kappa shape index (κ3) is 2.09. The molecule has 3 atom stereocenters. The topological polar surface area (TPSA) is 52.9 Å². The maximum atomic E-state index is 12.9. The molecule has 1 unspecified atom stereocenters. The zero-order valence-corrected chi connectivity index (χ0v) is 11.9. The van der Waals surface area contributed by atoms with Crippen molar-refractivity contribution in [2.75, 3.05) is 0 Å². The Morgan fingerprint density at radius 3 is 2.62 bits per heavy atom. The lowest BCUT2D eigenvalue weighted by atomic mass is 9.58. The highest BCUT2D eigenvalue weighted by atomic mass is 16.3. The van der Waals surface area contributed by atoms with Gasteiger partial charge < -0.3 is 5.11 Å². The number of nitrogens with zero attached hydrogens (tertiary/aromatic N) is 2. The Bertz CT molecular complexity index is 565. The van der Waals surface area contributed by atoms with Crippen LogP contribution in [0.4, 0.5) is 0 Å². The summed E-state index contributed by atoms with van der Waals surface area (Å²) in [5, 5.41) is 16.0.